The summed E-state index contributed by atoms with van der Waals surface area (Å²) >= 11 is 5.67. The summed E-state index contributed by atoms with van der Waals surface area (Å²) in [5.74, 6) is 0.838. The van der Waals surface area contributed by atoms with Crippen LogP contribution in [-0.4, -0.2) is 13.0 Å². The second-order valence-electron chi connectivity index (χ2n) is 5.73. The monoisotopic (exact) mass is 537 g/mol. The van der Waals surface area contributed by atoms with E-state index in [2.05, 4.69) is 43.8 Å². The summed E-state index contributed by atoms with van der Waals surface area (Å²) in [6, 6.07) is 20.9. The quantitative estimate of drug-likeness (QED) is 0.399. The number of halogens is 2. The highest BCUT2D eigenvalue weighted by Crippen LogP contribution is 2.37. The average Bonchev–Trinajstić information content (AvgIpc) is 2.66. The molecule has 0 radical (unpaired) electrons. The molecule has 3 rings (SSSR count). The highest BCUT2D eigenvalue weighted by atomic mass is 127. The first-order valence-electron chi connectivity index (χ1n) is 8.18. The van der Waals surface area contributed by atoms with Crippen molar-refractivity contribution in [3.63, 3.8) is 0 Å². The number of anilines is 1. The molecule has 138 valence electrons. The van der Waals surface area contributed by atoms with E-state index in [1.165, 1.54) is 0 Å². The van der Waals surface area contributed by atoms with Crippen LogP contribution in [0.25, 0.3) is 0 Å². The van der Waals surface area contributed by atoms with Crippen LogP contribution in [0, 0.1) is 3.57 Å². The number of carbonyl (C=O) groups is 1. The first-order chi connectivity index (χ1) is 13.1. The van der Waals surface area contributed by atoms with Crippen LogP contribution in [0.5, 0.6) is 11.5 Å². The average molecular weight is 538 g/mol. The molecule has 0 aromatic heterocycles. The first-order valence-corrected chi connectivity index (χ1v) is 10.0. The minimum atomic E-state index is -0.218. The maximum absolute atomic E-state index is 12.7. The third kappa shape index (κ3) is 5.23. The highest BCUT2D eigenvalue weighted by molar-refractivity contribution is 14.1. The number of rotatable bonds is 6. The molecule has 0 aliphatic carbocycles. The van der Waals surface area contributed by atoms with Crippen molar-refractivity contribution in [2.24, 2.45) is 0 Å². The fourth-order valence-electron chi connectivity index (χ4n) is 2.51. The number of benzene rings is 3. The predicted molar refractivity (Wildman–Crippen MR) is 119 cm³/mol. The van der Waals surface area contributed by atoms with E-state index in [4.69, 9.17) is 9.47 Å². The van der Waals surface area contributed by atoms with Gasteiger partial charge in [-0.3, -0.25) is 4.79 Å². The van der Waals surface area contributed by atoms with Crippen molar-refractivity contribution in [1.29, 1.82) is 0 Å². The van der Waals surface area contributed by atoms with Crippen LogP contribution >= 0.6 is 38.5 Å². The normalized spacial score (nSPS) is 10.3. The number of methoxy groups -OCH3 is 1. The lowest BCUT2D eigenvalue weighted by Crippen LogP contribution is -2.12. The van der Waals surface area contributed by atoms with Crippen molar-refractivity contribution in [1.82, 2.24) is 0 Å². The number of carbonyl (C=O) groups excluding carboxylic acids is 1. The lowest BCUT2D eigenvalue weighted by Gasteiger charge is -2.14. The van der Waals surface area contributed by atoms with Crippen LogP contribution < -0.4 is 14.8 Å². The van der Waals surface area contributed by atoms with Gasteiger partial charge in [0.1, 0.15) is 6.61 Å². The van der Waals surface area contributed by atoms with E-state index in [0.29, 0.717) is 28.1 Å². The fraction of sp³-hybridized carbons (Fsp3) is 0.0952. The van der Waals surface area contributed by atoms with Gasteiger partial charge in [0.25, 0.3) is 5.91 Å². The van der Waals surface area contributed by atoms with Gasteiger partial charge in [0.15, 0.2) is 11.5 Å². The van der Waals surface area contributed by atoms with E-state index in [-0.39, 0.29) is 5.91 Å². The van der Waals surface area contributed by atoms with Gasteiger partial charge in [-0.15, -0.1) is 0 Å². The van der Waals surface area contributed by atoms with Gasteiger partial charge in [-0.1, -0.05) is 36.4 Å². The minimum Gasteiger partial charge on any atom is -0.492 e. The smallest absolute Gasteiger partial charge is 0.255 e. The number of hydrogen-bond acceptors (Lipinski definition) is 3. The molecule has 0 saturated heterocycles. The summed E-state index contributed by atoms with van der Waals surface area (Å²) in [4.78, 5) is 12.7. The van der Waals surface area contributed by atoms with Gasteiger partial charge < -0.3 is 14.8 Å². The topological polar surface area (TPSA) is 47.6 Å². The van der Waals surface area contributed by atoms with Crippen LogP contribution in [0.3, 0.4) is 0 Å². The summed E-state index contributed by atoms with van der Waals surface area (Å²) < 4.78 is 13.1. The number of nitrogens with one attached hydrogen (secondary N) is 1. The van der Waals surface area contributed by atoms with E-state index in [1.54, 1.807) is 19.2 Å². The van der Waals surface area contributed by atoms with Crippen molar-refractivity contribution >= 4 is 50.1 Å². The molecule has 1 N–H and O–H groups in total. The molecule has 0 atom stereocenters. The van der Waals surface area contributed by atoms with Gasteiger partial charge in [0.05, 0.1) is 11.6 Å². The number of amides is 1. The molecule has 0 aliphatic heterocycles. The molecule has 0 spiro atoms. The van der Waals surface area contributed by atoms with Crippen molar-refractivity contribution in [2.75, 3.05) is 12.4 Å². The van der Waals surface area contributed by atoms with Crippen LogP contribution in [0.4, 0.5) is 5.69 Å². The van der Waals surface area contributed by atoms with E-state index >= 15 is 0 Å². The Bertz CT molecular complexity index is 947. The van der Waals surface area contributed by atoms with E-state index in [1.807, 2.05) is 54.6 Å². The van der Waals surface area contributed by atoms with Crippen LogP contribution in [0.15, 0.2) is 71.2 Å². The van der Waals surface area contributed by atoms with Crippen LogP contribution in [-0.2, 0) is 6.61 Å². The maximum Gasteiger partial charge on any atom is 0.255 e. The van der Waals surface area contributed by atoms with E-state index in [0.717, 1.165) is 14.8 Å². The maximum atomic E-state index is 12.7. The van der Waals surface area contributed by atoms with E-state index < -0.39 is 0 Å². The fourth-order valence-corrected chi connectivity index (χ4v) is 3.66. The Hall–Kier alpha value is -2.06. The summed E-state index contributed by atoms with van der Waals surface area (Å²) in [7, 11) is 1.57. The van der Waals surface area contributed by atoms with Crippen LogP contribution in [0.1, 0.15) is 15.9 Å². The van der Waals surface area contributed by atoms with Crippen molar-refractivity contribution < 1.29 is 14.3 Å². The molecule has 0 heterocycles. The molecule has 0 unspecified atom stereocenters. The Balaban J connectivity index is 1.83. The van der Waals surface area contributed by atoms with Gasteiger partial charge in [0.2, 0.25) is 0 Å². The molecule has 27 heavy (non-hydrogen) atoms. The Morgan fingerprint density at radius 1 is 1.07 bits per heavy atom. The second-order valence-corrected chi connectivity index (χ2v) is 7.83. The molecular weight excluding hydrogens is 521 g/mol. The molecule has 4 nitrogen and oxygen atoms in total. The Morgan fingerprint density at radius 2 is 1.85 bits per heavy atom. The first kappa shape index (κ1) is 19.7. The Morgan fingerprint density at radius 3 is 2.56 bits per heavy atom. The minimum absolute atomic E-state index is 0.218. The molecular formula is C21H17BrINO3. The molecule has 0 aliphatic rings. The zero-order chi connectivity index (χ0) is 19.2. The molecule has 3 aromatic rings. The van der Waals surface area contributed by atoms with E-state index in [9.17, 15) is 4.79 Å². The van der Waals surface area contributed by atoms with Gasteiger partial charge in [-0.25, -0.2) is 0 Å². The summed E-state index contributed by atoms with van der Waals surface area (Å²) in [6.07, 6.45) is 0. The van der Waals surface area contributed by atoms with Gasteiger partial charge in [-0.2, -0.15) is 0 Å². The van der Waals surface area contributed by atoms with Crippen molar-refractivity contribution in [2.45, 2.75) is 6.61 Å². The molecule has 0 fully saturated rings. The largest absolute Gasteiger partial charge is 0.492 e. The van der Waals surface area contributed by atoms with Gasteiger partial charge in [0, 0.05) is 14.8 Å². The molecule has 0 bridgehead atoms. The standard InChI is InChI=1S/C21H17BrINO3/c1-26-20-18(22)10-15(21(25)24-17-9-5-8-16(23)12-17)11-19(20)27-13-14-6-3-2-4-7-14/h2-12H,13H2,1H3,(H,24,25). The molecule has 6 heteroatoms. The SMILES string of the molecule is COc1c(Br)cc(C(=O)Nc2cccc(I)c2)cc1OCc1ccccc1. The number of hydrogen-bond donors (Lipinski definition) is 1. The molecule has 0 saturated carbocycles. The summed E-state index contributed by atoms with van der Waals surface area (Å²) in [5, 5.41) is 2.90. The summed E-state index contributed by atoms with van der Waals surface area (Å²) in [5.41, 5.74) is 2.25. The van der Waals surface area contributed by atoms with Crippen molar-refractivity contribution in [3.8, 4) is 11.5 Å². The summed E-state index contributed by atoms with van der Waals surface area (Å²) in [6.45, 7) is 0.381. The highest BCUT2D eigenvalue weighted by Gasteiger charge is 2.16. The van der Waals surface area contributed by atoms with Crippen molar-refractivity contribution in [3.05, 3.63) is 85.9 Å². The lowest BCUT2D eigenvalue weighted by atomic mass is 10.1. The molecule has 1 amide bonds. The van der Waals surface area contributed by atoms with Gasteiger partial charge >= 0.3 is 0 Å². The van der Waals surface area contributed by atoms with Gasteiger partial charge in [-0.05, 0) is 74.4 Å². The molecule has 3 aromatic carbocycles. The predicted octanol–water partition coefficient (Wildman–Crippen LogP) is 5.89. The Labute approximate surface area is 180 Å². The number of ether oxygens (including phenoxy) is 2. The zero-order valence-corrected chi connectivity index (χ0v) is 18.3. The Kier molecular flexibility index (Phi) is 6.73. The third-order valence-electron chi connectivity index (χ3n) is 3.80. The zero-order valence-electron chi connectivity index (χ0n) is 14.5. The third-order valence-corrected chi connectivity index (χ3v) is 5.06. The second kappa shape index (κ2) is 9.23. The lowest BCUT2D eigenvalue weighted by molar-refractivity contribution is 0.102. The van der Waals surface area contributed by atoms with Crippen LogP contribution in [0.2, 0.25) is 0 Å².